The highest BCUT2D eigenvalue weighted by molar-refractivity contribution is 5.86. The Kier molecular flexibility index (Phi) is 5.35. The van der Waals surface area contributed by atoms with E-state index in [2.05, 4.69) is 10.3 Å². The average Bonchev–Trinajstić information content (AvgIpc) is 2.89. The Labute approximate surface area is 132 Å². The zero-order valence-electron chi connectivity index (χ0n) is 12.4. The van der Waals surface area contributed by atoms with Gasteiger partial charge in [-0.05, 0) is 18.1 Å². The topological polar surface area (TPSA) is 119 Å². The monoisotopic (exact) mass is 318 g/mol. The van der Waals surface area contributed by atoms with Crippen molar-refractivity contribution in [1.82, 2.24) is 10.3 Å². The Morgan fingerprint density at radius 2 is 1.87 bits per heavy atom. The van der Waals surface area contributed by atoms with Crippen LogP contribution in [0.5, 0.6) is 0 Å². The molecule has 1 unspecified atom stereocenters. The second kappa shape index (κ2) is 7.44. The molecule has 0 saturated carbocycles. The van der Waals surface area contributed by atoms with E-state index in [0.717, 1.165) is 16.5 Å². The zero-order chi connectivity index (χ0) is 16.8. The maximum absolute atomic E-state index is 11.8. The largest absolute Gasteiger partial charge is 0.481 e. The molecule has 1 aromatic heterocycles. The predicted molar refractivity (Wildman–Crippen MR) is 83.1 cm³/mol. The van der Waals surface area contributed by atoms with Crippen LogP contribution in [0.25, 0.3) is 10.9 Å². The van der Waals surface area contributed by atoms with E-state index in [9.17, 15) is 19.5 Å². The summed E-state index contributed by atoms with van der Waals surface area (Å²) in [4.78, 5) is 36.6. The van der Waals surface area contributed by atoms with Crippen LogP contribution in [0.4, 0.5) is 0 Å². The van der Waals surface area contributed by atoms with Crippen molar-refractivity contribution in [1.29, 1.82) is 0 Å². The molecule has 0 saturated heterocycles. The first kappa shape index (κ1) is 16.5. The Morgan fingerprint density at radius 3 is 2.57 bits per heavy atom. The van der Waals surface area contributed by atoms with Crippen molar-refractivity contribution < 1.29 is 24.6 Å². The molecule has 7 heteroatoms. The van der Waals surface area contributed by atoms with Crippen molar-refractivity contribution in [2.24, 2.45) is 0 Å². The van der Waals surface area contributed by atoms with Crippen molar-refractivity contribution in [2.45, 2.75) is 31.7 Å². The van der Waals surface area contributed by atoms with Crippen LogP contribution in [0.3, 0.4) is 0 Å². The molecule has 0 aliphatic rings. The number of carboxylic acid groups (broad SMARTS) is 2. The van der Waals surface area contributed by atoms with Gasteiger partial charge in [0.2, 0.25) is 5.91 Å². The van der Waals surface area contributed by atoms with Gasteiger partial charge in [-0.3, -0.25) is 9.59 Å². The van der Waals surface area contributed by atoms with Crippen molar-refractivity contribution in [3.63, 3.8) is 0 Å². The number of aromatic nitrogens is 1. The molecule has 1 aromatic carbocycles. The number of rotatable bonds is 8. The molecule has 0 aliphatic carbocycles. The molecule has 0 fully saturated rings. The minimum atomic E-state index is -1.12. The Hall–Kier alpha value is -2.83. The van der Waals surface area contributed by atoms with Crippen LogP contribution in [0, 0.1) is 0 Å². The number of fused-ring (bicyclic) bond motifs is 1. The SMILES string of the molecule is O=C(O)CCCC(=O)NC(Cc1c[nH]c2ccccc12)C(=O)O. The number of para-hydroxylation sites is 1. The second-order valence-corrected chi connectivity index (χ2v) is 5.27. The van der Waals surface area contributed by atoms with Gasteiger partial charge in [-0.1, -0.05) is 18.2 Å². The average molecular weight is 318 g/mol. The normalized spacial score (nSPS) is 12.0. The third kappa shape index (κ3) is 4.57. The van der Waals surface area contributed by atoms with E-state index in [1.54, 1.807) is 6.20 Å². The molecule has 7 nitrogen and oxygen atoms in total. The number of hydrogen-bond acceptors (Lipinski definition) is 3. The van der Waals surface area contributed by atoms with Gasteiger partial charge in [0, 0.05) is 36.4 Å². The number of nitrogens with one attached hydrogen (secondary N) is 2. The van der Waals surface area contributed by atoms with E-state index in [4.69, 9.17) is 5.11 Å². The van der Waals surface area contributed by atoms with E-state index in [1.165, 1.54) is 0 Å². The van der Waals surface area contributed by atoms with E-state index < -0.39 is 23.9 Å². The van der Waals surface area contributed by atoms with Crippen molar-refractivity contribution in [3.8, 4) is 0 Å². The lowest BCUT2D eigenvalue weighted by molar-refractivity contribution is -0.142. The molecule has 122 valence electrons. The van der Waals surface area contributed by atoms with Crippen LogP contribution in [-0.4, -0.2) is 39.1 Å². The second-order valence-electron chi connectivity index (χ2n) is 5.27. The van der Waals surface area contributed by atoms with Crippen molar-refractivity contribution in [3.05, 3.63) is 36.0 Å². The highest BCUT2D eigenvalue weighted by atomic mass is 16.4. The van der Waals surface area contributed by atoms with Crippen molar-refractivity contribution in [2.75, 3.05) is 0 Å². The van der Waals surface area contributed by atoms with Gasteiger partial charge in [-0.25, -0.2) is 4.79 Å². The zero-order valence-corrected chi connectivity index (χ0v) is 12.4. The van der Waals surface area contributed by atoms with Crippen LogP contribution in [0.15, 0.2) is 30.5 Å². The highest BCUT2D eigenvalue weighted by Gasteiger charge is 2.21. The molecule has 1 amide bonds. The first-order valence-electron chi connectivity index (χ1n) is 7.26. The number of aliphatic carboxylic acids is 2. The molecular formula is C16H18N2O5. The number of amides is 1. The molecule has 0 radical (unpaired) electrons. The number of carbonyl (C=O) groups excluding carboxylic acids is 1. The molecule has 2 rings (SSSR count). The third-order valence-electron chi connectivity index (χ3n) is 3.53. The van der Waals surface area contributed by atoms with Gasteiger partial charge >= 0.3 is 11.9 Å². The fourth-order valence-corrected chi connectivity index (χ4v) is 2.39. The predicted octanol–water partition coefficient (Wildman–Crippen LogP) is 1.53. The molecule has 2 aromatic rings. The van der Waals surface area contributed by atoms with Gasteiger partial charge in [-0.15, -0.1) is 0 Å². The molecule has 23 heavy (non-hydrogen) atoms. The molecule has 0 aliphatic heterocycles. The van der Waals surface area contributed by atoms with Crippen LogP contribution in [-0.2, 0) is 20.8 Å². The summed E-state index contributed by atoms with van der Waals surface area (Å²) in [5.74, 6) is -2.56. The first-order chi connectivity index (χ1) is 11.0. The minimum absolute atomic E-state index is 0.00996. The van der Waals surface area contributed by atoms with Crippen LogP contribution < -0.4 is 5.32 Å². The number of carboxylic acids is 2. The van der Waals surface area contributed by atoms with Crippen LogP contribution in [0.2, 0.25) is 0 Å². The number of aromatic amines is 1. The van der Waals surface area contributed by atoms with E-state index in [0.29, 0.717) is 0 Å². The van der Waals surface area contributed by atoms with Crippen molar-refractivity contribution >= 4 is 28.7 Å². The fraction of sp³-hybridized carbons (Fsp3) is 0.312. The van der Waals surface area contributed by atoms with E-state index in [1.807, 2.05) is 24.3 Å². The molecular weight excluding hydrogens is 300 g/mol. The molecule has 1 heterocycles. The molecule has 4 N–H and O–H groups in total. The first-order valence-corrected chi connectivity index (χ1v) is 7.26. The summed E-state index contributed by atoms with van der Waals surface area (Å²) in [6, 6.07) is 6.46. The standard InChI is InChI=1S/C16H18N2O5/c19-14(6-3-7-15(20)21)18-13(16(22)23)8-10-9-17-12-5-2-1-4-11(10)12/h1-2,4-5,9,13,17H,3,6-8H2,(H,18,19)(H,20,21)(H,22,23). The van der Waals surface area contributed by atoms with Gasteiger partial charge in [0.25, 0.3) is 0 Å². The van der Waals surface area contributed by atoms with Gasteiger partial charge < -0.3 is 20.5 Å². The lowest BCUT2D eigenvalue weighted by atomic mass is 10.0. The molecule has 0 bridgehead atoms. The summed E-state index contributed by atoms with van der Waals surface area (Å²) >= 11 is 0. The summed E-state index contributed by atoms with van der Waals surface area (Å²) in [5.41, 5.74) is 1.71. The summed E-state index contributed by atoms with van der Waals surface area (Å²) in [7, 11) is 0. The Morgan fingerprint density at radius 1 is 1.13 bits per heavy atom. The minimum Gasteiger partial charge on any atom is -0.481 e. The number of hydrogen-bond donors (Lipinski definition) is 4. The van der Waals surface area contributed by atoms with Gasteiger partial charge in [0.15, 0.2) is 0 Å². The number of carbonyl (C=O) groups is 3. The summed E-state index contributed by atoms with van der Waals surface area (Å²) in [5, 5.41) is 21.2. The third-order valence-corrected chi connectivity index (χ3v) is 3.53. The maximum atomic E-state index is 11.8. The highest BCUT2D eigenvalue weighted by Crippen LogP contribution is 2.19. The quantitative estimate of drug-likeness (QED) is 0.588. The summed E-state index contributed by atoms with van der Waals surface area (Å²) in [6.07, 6.45) is 1.94. The van der Waals surface area contributed by atoms with E-state index in [-0.39, 0.29) is 25.7 Å². The lowest BCUT2D eigenvalue weighted by Gasteiger charge is -2.14. The van der Waals surface area contributed by atoms with Crippen LogP contribution in [0.1, 0.15) is 24.8 Å². The smallest absolute Gasteiger partial charge is 0.326 e. The summed E-state index contributed by atoms with van der Waals surface area (Å²) < 4.78 is 0. The summed E-state index contributed by atoms with van der Waals surface area (Å²) in [6.45, 7) is 0. The Bertz CT molecular complexity index is 722. The molecule has 0 spiro atoms. The number of H-pyrrole nitrogens is 1. The number of benzene rings is 1. The van der Waals surface area contributed by atoms with Gasteiger partial charge in [-0.2, -0.15) is 0 Å². The maximum Gasteiger partial charge on any atom is 0.326 e. The fourth-order valence-electron chi connectivity index (χ4n) is 2.39. The van der Waals surface area contributed by atoms with Crippen LogP contribution >= 0.6 is 0 Å². The molecule has 1 atom stereocenters. The van der Waals surface area contributed by atoms with E-state index >= 15 is 0 Å². The van der Waals surface area contributed by atoms with Gasteiger partial charge in [0.05, 0.1) is 0 Å². The Balaban J connectivity index is 2.00. The van der Waals surface area contributed by atoms with Gasteiger partial charge in [0.1, 0.15) is 6.04 Å². The lowest BCUT2D eigenvalue weighted by Crippen LogP contribution is -2.42.